The standard InChI is InChI=1S/C26H33N.C2H6/c1-17-6-8-21-19(14-17)7-9-23-22(21)12-13-26(2)24(10-11-25(23)26)20-5-3-4-18(15-20)16-27;1-2/h3-5,10,15,17,19,21-23,25H,6-9,11-14H2,1-2H3;1-2H3. The summed E-state index contributed by atoms with van der Waals surface area (Å²) in [5.41, 5.74) is 3.97. The molecular weight excluding hydrogens is 350 g/mol. The van der Waals surface area contributed by atoms with Crippen molar-refractivity contribution in [3.05, 3.63) is 41.5 Å². The van der Waals surface area contributed by atoms with Gasteiger partial charge in [0.1, 0.15) is 0 Å². The minimum absolute atomic E-state index is 0.323. The topological polar surface area (TPSA) is 23.8 Å². The zero-order valence-electron chi connectivity index (χ0n) is 19.0. The highest BCUT2D eigenvalue weighted by Gasteiger charge is 2.54. The normalized spacial score (nSPS) is 40.3. The fraction of sp³-hybridized carbons (Fsp3) is 0.679. The Balaban J connectivity index is 0.000000994. The number of benzene rings is 1. The zero-order chi connectivity index (χ0) is 20.6. The molecular formula is C28H39N. The maximum Gasteiger partial charge on any atom is 0.0991 e. The molecule has 1 aromatic rings. The number of hydrogen-bond acceptors (Lipinski definition) is 1. The first-order valence-electron chi connectivity index (χ1n) is 12.3. The van der Waals surface area contributed by atoms with Crippen molar-refractivity contribution in [2.24, 2.45) is 40.9 Å². The van der Waals surface area contributed by atoms with Gasteiger partial charge in [0.2, 0.25) is 0 Å². The van der Waals surface area contributed by atoms with Crippen LogP contribution in [0.1, 0.15) is 90.2 Å². The van der Waals surface area contributed by atoms with Gasteiger partial charge in [0, 0.05) is 0 Å². The molecule has 7 atom stereocenters. The van der Waals surface area contributed by atoms with Crippen molar-refractivity contribution in [2.75, 3.05) is 0 Å². The minimum Gasteiger partial charge on any atom is -0.192 e. The lowest BCUT2D eigenvalue weighted by Gasteiger charge is -2.56. The monoisotopic (exact) mass is 389 g/mol. The lowest BCUT2D eigenvalue weighted by molar-refractivity contribution is -0.0443. The molecule has 0 amide bonds. The largest absolute Gasteiger partial charge is 0.192 e. The van der Waals surface area contributed by atoms with Gasteiger partial charge in [-0.05, 0) is 109 Å². The molecule has 7 unspecified atom stereocenters. The highest BCUT2D eigenvalue weighted by molar-refractivity contribution is 5.73. The Morgan fingerprint density at radius 1 is 1.00 bits per heavy atom. The summed E-state index contributed by atoms with van der Waals surface area (Å²) in [6.45, 7) is 9.02. The number of allylic oxidation sites excluding steroid dienone is 2. The molecule has 1 nitrogen and oxygen atoms in total. The molecule has 0 aromatic heterocycles. The van der Waals surface area contributed by atoms with E-state index < -0.39 is 0 Å². The Morgan fingerprint density at radius 2 is 1.79 bits per heavy atom. The van der Waals surface area contributed by atoms with Crippen molar-refractivity contribution in [1.82, 2.24) is 0 Å². The fourth-order valence-electron chi connectivity index (χ4n) is 7.86. The maximum absolute atomic E-state index is 9.32. The van der Waals surface area contributed by atoms with Crippen LogP contribution in [0.15, 0.2) is 30.3 Å². The van der Waals surface area contributed by atoms with Gasteiger partial charge in [0.05, 0.1) is 11.6 Å². The third-order valence-corrected chi connectivity index (χ3v) is 9.10. The molecule has 156 valence electrons. The van der Waals surface area contributed by atoms with Crippen molar-refractivity contribution in [1.29, 1.82) is 5.26 Å². The molecule has 5 rings (SSSR count). The Bertz CT molecular complexity index is 799. The van der Waals surface area contributed by atoms with Crippen LogP contribution >= 0.6 is 0 Å². The second-order valence-corrected chi connectivity index (χ2v) is 10.4. The molecule has 0 radical (unpaired) electrons. The molecule has 0 aliphatic heterocycles. The van der Waals surface area contributed by atoms with E-state index in [-0.39, 0.29) is 0 Å². The molecule has 0 bridgehead atoms. The van der Waals surface area contributed by atoms with Gasteiger partial charge in [0.25, 0.3) is 0 Å². The number of hydrogen-bond donors (Lipinski definition) is 0. The van der Waals surface area contributed by atoms with Gasteiger partial charge >= 0.3 is 0 Å². The van der Waals surface area contributed by atoms with E-state index in [4.69, 9.17) is 0 Å². The van der Waals surface area contributed by atoms with Crippen molar-refractivity contribution < 1.29 is 0 Å². The van der Waals surface area contributed by atoms with Gasteiger partial charge in [-0.2, -0.15) is 5.26 Å². The smallest absolute Gasteiger partial charge is 0.0991 e. The second-order valence-electron chi connectivity index (χ2n) is 10.4. The van der Waals surface area contributed by atoms with E-state index in [1.807, 2.05) is 19.9 Å². The summed E-state index contributed by atoms with van der Waals surface area (Å²) in [7, 11) is 0. The molecule has 0 heterocycles. The molecule has 3 fully saturated rings. The third-order valence-electron chi connectivity index (χ3n) is 9.10. The summed E-state index contributed by atoms with van der Waals surface area (Å²) in [6, 6.07) is 10.7. The maximum atomic E-state index is 9.32. The van der Waals surface area contributed by atoms with E-state index in [2.05, 4.69) is 44.2 Å². The van der Waals surface area contributed by atoms with Gasteiger partial charge in [0.15, 0.2) is 0 Å². The van der Waals surface area contributed by atoms with E-state index in [9.17, 15) is 5.26 Å². The van der Waals surface area contributed by atoms with Gasteiger partial charge in [-0.15, -0.1) is 0 Å². The highest BCUT2D eigenvalue weighted by atomic mass is 14.6. The number of nitriles is 1. The van der Waals surface area contributed by atoms with Gasteiger partial charge in [-0.25, -0.2) is 0 Å². The third kappa shape index (κ3) is 3.48. The summed E-state index contributed by atoms with van der Waals surface area (Å²) < 4.78 is 0. The predicted octanol–water partition coefficient (Wildman–Crippen LogP) is 7.87. The van der Waals surface area contributed by atoms with E-state index in [1.165, 1.54) is 56.9 Å². The van der Waals surface area contributed by atoms with Crippen LogP contribution in [-0.2, 0) is 0 Å². The number of rotatable bonds is 1. The van der Waals surface area contributed by atoms with Crippen molar-refractivity contribution in [2.45, 2.75) is 79.1 Å². The predicted molar refractivity (Wildman–Crippen MR) is 122 cm³/mol. The van der Waals surface area contributed by atoms with Crippen LogP contribution in [0.4, 0.5) is 0 Å². The summed E-state index contributed by atoms with van der Waals surface area (Å²) >= 11 is 0. The van der Waals surface area contributed by atoms with E-state index >= 15 is 0 Å². The summed E-state index contributed by atoms with van der Waals surface area (Å²) in [5.74, 6) is 5.77. The molecule has 0 spiro atoms. The van der Waals surface area contributed by atoms with Gasteiger partial charge in [-0.3, -0.25) is 0 Å². The molecule has 0 saturated heterocycles. The van der Waals surface area contributed by atoms with Crippen molar-refractivity contribution in [3.8, 4) is 6.07 Å². The van der Waals surface area contributed by atoms with E-state index in [0.29, 0.717) is 5.41 Å². The quantitative estimate of drug-likeness (QED) is 0.479. The number of nitrogens with zero attached hydrogens (tertiary/aromatic N) is 1. The molecule has 0 N–H and O–H groups in total. The van der Waals surface area contributed by atoms with Crippen LogP contribution in [-0.4, -0.2) is 0 Å². The van der Waals surface area contributed by atoms with Gasteiger partial charge < -0.3 is 0 Å². The summed E-state index contributed by atoms with van der Waals surface area (Å²) in [6.07, 6.45) is 14.0. The number of fused-ring (bicyclic) bond motifs is 5. The van der Waals surface area contributed by atoms with Crippen LogP contribution in [0.5, 0.6) is 0 Å². The Morgan fingerprint density at radius 3 is 2.59 bits per heavy atom. The lowest BCUT2D eigenvalue weighted by Crippen LogP contribution is -2.47. The summed E-state index contributed by atoms with van der Waals surface area (Å²) in [5, 5.41) is 9.32. The molecule has 1 aromatic carbocycles. The Labute approximate surface area is 178 Å². The average Bonchev–Trinajstić information content (AvgIpc) is 3.12. The lowest BCUT2D eigenvalue weighted by atomic mass is 9.49. The molecule has 29 heavy (non-hydrogen) atoms. The summed E-state index contributed by atoms with van der Waals surface area (Å²) in [4.78, 5) is 0. The second kappa shape index (κ2) is 8.29. The van der Waals surface area contributed by atoms with Crippen molar-refractivity contribution >= 4 is 5.57 Å². The fourth-order valence-corrected chi connectivity index (χ4v) is 7.86. The Kier molecular flexibility index (Phi) is 5.92. The zero-order valence-corrected chi connectivity index (χ0v) is 19.0. The van der Waals surface area contributed by atoms with Crippen LogP contribution in [0, 0.1) is 52.3 Å². The minimum atomic E-state index is 0.323. The van der Waals surface area contributed by atoms with Gasteiger partial charge in [-0.1, -0.05) is 52.3 Å². The molecule has 3 saturated carbocycles. The Hall–Kier alpha value is -1.55. The first-order chi connectivity index (χ1) is 14.1. The van der Waals surface area contributed by atoms with Crippen LogP contribution in [0.3, 0.4) is 0 Å². The van der Waals surface area contributed by atoms with Crippen LogP contribution in [0.25, 0.3) is 5.57 Å². The van der Waals surface area contributed by atoms with E-state index in [1.54, 1.807) is 5.57 Å². The molecule has 4 aliphatic carbocycles. The molecule has 1 heteroatoms. The van der Waals surface area contributed by atoms with E-state index in [0.717, 1.165) is 41.1 Å². The molecule has 4 aliphatic rings. The van der Waals surface area contributed by atoms with Crippen molar-refractivity contribution in [3.63, 3.8) is 0 Å². The first-order valence-corrected chi connectivity index (χ1v) is 12.3. The highest BCUT2D eigenvalue weighted by Crippen LogP contribution is 2.64. The van der Waals surface area contributed by atoms with Crippen LogP contribution < -0.4 is 0 Å². The first kappa shape index (κ1) is 20.7. The van der Waals surface area contributed by atoms with Crippen LogP contribution in [0.2, 0.25) is 0 Å². The average molecular weight is 390 g/mol. The SMILES string of the molecule is CC.CC1CCC2C(CCC3C2CCC2(C)C(c4cccc(C#N)c4)=CCC32)C1.